The molecule has 2 heterocycles. The van der Waals surface area contributed by atoms with Crippen molar-refractivity contribution in [2.45, 2.75) is 20.4 Å². The summed E-state index contributed by atoms with van der Waals surface area (Å²) in [5, 5.41) is 7.27. The highest BCUT2D eigenvalue weighted by Gasteiger charge is 2.10. The van der Waals surface area contributed by atoms with E-state index in [1.807, 2.05) is 34.1 Å². The maximum absolute atomic E-state index is 4.53. The Labute approximate surface area is 101 Å². The van der Waals surface area contributed by atoms with Gasteiger partial charge >= 0.3 is 0 Å². The van der Waals surface area contributed by atoms with Crippen molar-refractivity contribution < 1.29 is 0 Å². The lowest BCUT2D eigenvalue weighted by molar-refractivity contribution is 0.767. The van der Waals surface area contributed by atoms with Crippen LogP contribution in [0.2, 0.25) is 0 Å². The molecule has 0 spiro atoms. The maximum atomic E-state index is 4.53. The molecule has 0 unspecified atom stereocenters. The molecule has 0 amide bonds. The summed E-state index contributed by atoms with van der Waals surface area (Å²) in [6.07, 6.45) is 3.71. The second-order valence-corrected chi connectivity index (χ2v) is 4.13. The zero-order chi connectivity index (χ0) is 12.4. The summed E-state index contributed by atoms with van der Waals surface area (Å²) in [5.74, 6) is 0.743. The van der Waals surface area contributed by atoms with E-state index in [1.165, 1.54) is 5.56 Å². The highest BCUT2D eigenvalue weighted by molar-refractivity contribution is 5.53. The third-order valence-corrected chi connectivity index (χ3v) is 2.74. The van der Waals surface area contributed by atoms with Crippen molar-refractivity contribution in [3.05, 3.63) is 29.3 Å². The number of nitrogens with one attached hydrogen (secondary N) is 1. The number of aromatic nitrogens is 4. The maximum Gasteiger partial charge on any atom is 0.162 e. The summed E-state index contributed by atoms with van der Waals surface area (Å²) in [6, 6.07) is 0. The lowest BCUT2D eigenvalue weighted by atomic mass is 10.1. The molecule has 0 aliphatic carbocycles. The van der Waals surface area contributed by atoms with E-state index >= 15 is 0 Å². The molecule has 0 aliphatic heterocycles. The molecule has 0 saturated carbocycles. The molecule has 90 valence electrons. The van der Waals surface area contributed by atoms with Gasteiger partial charge in [-0.25, -0.2) is 9.97 Å². The molecular formula is C12H17N5. The Morgan fingerprint density at radius 1 is 1.24 bits per heavy atom. The van der Waals surface area contributed by atoms with Gasteiger partial charge in [0.2, 0.25) is 0 Å². The van der Waals surface area contributed by atoms with E-state index < -0.39 is 0 Å². The van der Waals surface area contributed by atoms with E-state index in [9.17, 15) is 0 Å². The first kappa shape index (κ1) is 11.7. The summed E-state index contributed by atoms with van der Waals surface area (Å²) in [5.41, 5.74) is 4.16. The first-order valence-electron chi connectivity index (χ1n) is 5.59. The fourth-order valence-electron chi connectivity index (χ4n) is 1.84. The monoisotopic (exact) mass is 231 g/mol. The molecule has 2 rings (SSSR count). The van der Waals surface area contributed by atoms with Gasteiger partial charge < -0.3 is 5.32 Å². The highest BCUT2D eigenvalue weighted by Crippen LogP contribution is 2.17. The molecule has 0 saturated heterocycles. The fourth-order valence-corrected chi connectivity index (χ4v) is 1.84. The van der Waals surface area contributed by atoms with Crippen LogP contribution in [0.25, 0.3) is 11.4 Å². The van der Waals surface area contributed by atoms with E-state index in [1.54, 1.807) is 10.9 Å². The SMILES string of the molecule is CNCc1c(C)nc(-c2cnn(C)c2)nc1C. The van der Waals surface area contributed by atoms with Crippen molar-refractivity contribution in [3.8, 4) is 11.4 Å². The van der Waals surface area contributed by atoms with Crippen LogP contribution in [0.3, 0.4) is 0 Å². The van der Waals surface area contributed by atoms with Crippen LogP contribution >= 0.6 is 0 Å². The minimum atomic E-state index is 0.743. The van der Waals surface area contributed by atoms with Gasteiger partial charge in [0, 0.05) is 36.7 Å². The molecule has 0 atom stereocenters. The van der Waals surface area contributed by atoms with Crippen LogP contribution in [0, 0.1) is 13.8 Å². The Morgan fingerprint density at radius 3 is 2.35 bits per heavy atom. The van der Waals surface area contributed by atoms with Gasteiger partial charge in [-0.3, -0.25) is 4.68 Å². The Balaban J connectivity index is 2.45. The Bertz CT molecular complexity index is 506. The van der Waals surface area contributed by atoms with Crippen LogP contribution in [0.15, 0.2) is 12.4 Å². The minimum Gasteiger partial charge on any atom is -0.316 e. The molecule has 5 heteroatoms. The predicted molar refractivity (Wildman–Crippen MR) is 66.5 cm³/mol. The van der Waals surface area contributed by atoms with Gasteiger partial charge in [0.15, 0.2) is 5.82 Å². The van der Waals surface area contributed by atoms with Crippen molar-refractivity contribution >= 4 is 0 Å². The number of rotatable bonds is 3. The third kappa shape index (κ3) is 2.34. The molecule has 0 fully saturated rings. The van der Waals surface area contributed by atoms with Gasteiger partial charge in [-0.05, 0) is 20.9 Å². The zero-order valence-corrected chi connectivity index (χ0v) is 10.7. The highest BCUT2D eigenvalue weighted by atomic mass is 15.2. The average molecular weight is 231 g/mol. The van der Waals surface area contributed by atoms with E-state index in [0.717, 1.165) is 29.3 Å². The molecule has 2 aromatic heterocycles. The molecule has 0 bridgehead atoms. The van der Waals surface area contributed by atoms with Crippen molar-refractivity contribution in [1.82, 2.24) is 25.1 Å². The van der Waals surface area contributed by atoms with Crippen LogP contribution in [-0.2, 0) is 13.6 Å². The van der Waals surface area contributed by atoms with Gasteiger partial charge in [-0.1, -0.05) is 0 Å². The number of hydrogen-bond acceptors (Lipinski definition) is 4. The van der Waals surface area contributed by atoms with Crippen LogP contribution in [-0.4, -0.2) is 26.8 Å². The van der Waals surface area contributed by atoms with Crippen molar-refractivity contribution in [2.75, 3.05) is 7.05 Å². The zero-order valence-electron chi connectivity index (χ0n) is 10.7. The molecule has 2 aromatic rings. The van der Waals surface area contributed by atoms with E-state index in [0.29, 0.717) is 0 Å². The van der Waals surface area contributed by atoms with Gasteiger partial charge in [0.05, 0.1) is 11.8 Å². The standard InChI is InChI=1S/C12H17N5/c1-8-11(6-13-3)9(2)16-12(15-8)10-5-14-17(4)7-10/h5,7,13H,6H2,1-4H3. The van der Waals surface area contributed by atoms with E-state index in [-0.39, 0.29) is 0 Å². The van der Waals surface area contributed by atoms with Crippen molar-refractivity contribution in [2.24, 2.45) is 7.05 Å². The second kappa shape index (κ2) is 4.63. The summed E-state index contributed by atoms with van der Waals surface area (Å²) < 4.78 is 1.75. The lowest BCUT2D eigenvalue weighted by Crippen LogP contribution is -2.11. The van der Waals surface area contributed by atoms with Gasteiger partial charge in [-0.2, -0.15) is 5.10 Å². The quantitative estimate of drug-likeness (QED) is 0.862. The van der Waals surface area contributed by atoms with Crippen LogP contribution in [0.4, 0.5) is 0 Å². The first-order chi connectivity index (χ1) is 8.11. The summed E-state index contributed by atoms with van der Waals surface area (Å²) in [6.45, 7) is 4.83. The van der Waals surface area contributed by atoms with Crippen molar-refractivity contribution in [3.63, 3.8) is 0 Å². The summed E-state index contributed by atoms with van der Waals surface area (Å²) in [7, 11) is 3.81. The molecule has 5 nitrogen and oxygen atoms in total. The van der Waals surface area contributed by atoms with Crippen LogP contribution in [0.5, 0.6) is 0 Å². The minimum absolute atomic E-state index is 0.743. The normalized spacial score (nSPS) is 10.8. The van der Waals surface area contributed by atoms with Gasteiger partial charge in [-0.15, -0.1) is 0 Å². The molecular weight excluding hydrogens is 214 g/mol. The van der Waals surface area contributed by atoms with Gasteiger partial charge in [0.1, 0.15) is 0 Å². The second-order valence-electron chi connectivity index (χ2n) is 4.13. The molecule has 0 aromatic carbocycles. The predicted octanol–water partition coefficient (Wildman–Crippen LogP) is 1.21. The molecule has 0 aliphatic rings. The molecule has 17 heavy (non-hydrogen) atoms. The molecule has 0 radical (unpaired) electrons. The van der Waals surface area contributed by atoms with Gasteiger partial charge in [0.25, 0.3) is 0 Å². The Hall–Kier alpha value is -1.75. The fraction of sp³-hybridized carbons (Fsp3) is 0.417. The molecule has 1 N–H and O–H groups in total. The Morgan fingerprint density at radius 2 is 1.88 bits per heavy atom. The number of aryl methyl sites for hydroxylation is 3. The number of nitrogens with zero attached hydrogens (tertiary/aromatic N) is 4. The summed E-state index contributed by atoms with van der Waals surface area (Å²) >= 11 is 0. The Kier molecular flexibility index (Phi) is 3.19. The van der Waals surface area contributed by atoms with Crippen LogP contribution in [0.1, 0.15) is 17.0 Å². The summed E-state index contributed by atoms with van der Waals surface area (Å²) in [4.78, 5) is 9.06. The van der Waals surface area contributed by atoms with E-state index in [2.05, 4.69) is 20.4 Å². The number of hydrogen-bond donors (Lipinski definition) is 1. The van der Waals surface area contributed by atoms with E-state index in [4.69, 9.17) is 0 Å². The van der Waals surface area contributed by atoms with Crippen LogP contribution < -0.4 is 5.32 Å². The first-order valence-corrected chi connectivity index (χ1v) is 5.59. The van der Waals surface area contributed by atoms with Crippen molar-refractivity contribution in [1.29, 1.82) is 0 Å². The smallest absolute Gasteiger partial charge is 0.162 e. The third-order valence-electron chi connectivity index (χ3n) is 2.74. The topological polar surface area (TPSA) is 55.6 Å². The largest absolute Gasteiger partial charge is 0.316 e. The average Bonchev–Trinajstić information content (AvgIpc) is 2.70. The lowest BCUT2D eigenvalue weighted by Gasteiger charge is -2.09.